The van der Waals surface area contributed by atoms with E-state index in [9.17, 15) is 4.79 Å². The summed E-state index contributed by atoms with van der Waals surface area (Å²) < 4.78 is 1.72. The second kappa shape index (κ2) is 5.14. The molecule has 106 valence electrons. The summed E-state index contributed by atoms with van der Waals surface area (Å²) in [5.74, 6) is -0.158. The number of nitrogens with zero attached hydrogens (tertiary/aromatic N) is 3. The highest BCUT2D eigenvalue weighted by Crippen LogP contribution is 2.22. The molecule has 5 nitrogen and oxygen atoms in total. The maximum atomic E-state index is 12.5. The first kappa shape index (κ1) is 13.5. The van der Waals surface area contributed by atoms with Gasteiger partial charge in [0.2, 0.25) is 0 Å². The molecular weight excluding hydrogens is 284 g/mol. The van der Waals surface area contributed by atoms with Crippen molar-refractivity contribution in [3.05, 3.63) is 53.5 Å². The van der Waals surface area contributed by atoms with Gasteiger partial charge in [-0.25, -0.2) is 0 Å². The van der Waals surface area contributed by atoms with Crippen LogP contribution in [0.25, 0.3) is 6.08 Å². The van der Waals surface area contributed by atoms with Crippen LogP contribution in [-0.2, 0) is 11.8 Å². The molecule has 2 heterocycles. The first-order valence-corrected chi connectivity index (χ1v) is 6.89. The van der Waals surface area contributed by atoms with Gasteiger partial charge in [0, 0.05) is 18.8 Å². The molecule has 1 aliphatic rings. The zero-order valence-corrected chi connectivity index (χ0v) is 12.5. The van der Waals surface area contributed by atoms with E-state index in [-0.39, 0.29) is 5.91 Å². The zero-order chi connectivity index (χ0) is 15.0. The second-order valence-corrected chi connectivity index (χ2v) is 5.19. The minimum Gasteiger partial charge on any atom is -0.327 e. The molecule has 6 heteroatoms. The third kappa shape index (κ3) is 2.45. The van der Waals surface area contributed by atoms with Crippen molar-refractivity contribution in [1.29, 1.82) is 0 Å². The van der Waals surface area contributed by atoms with E-state index in [1.54, 1.807) is 10.8 Å². The topological polar surface area (TPSA) is 50.2 Å². The van der Waals surface area contributed by atoms with E-state index in [1.165, 1.54) is 4.90 Å². The molecule has 0 unspecified atom stereocenters. The van der Waals surface area contributed by atoms with Crippen LogP contribution in [0.2, 0.25) is 0 Å². The monoisotopic (exact) mass is 298 g/mol. The van der Waals surface area contributed by atoms with Gasteiger partial charge in [0.15, 0.2) is 5.11 Å². The fourth-order valence-corrected chi connectivity index (χ4v) is 2.56. The van der Waals surface area contributed by atoms with Crippen molar-refractivity contribution in [2.45, 2.75) is 6.92 Å². The van der Waals surface area contributed by atoms with Gasteiger partial charge >= 0.3 is 0 Å². The first-order valence-electron chi connectivity index (χ1n) is 6.48. The lowest BCUT2D eigenvalue weighted by Gasteiger charge is -2.13. The third-order valence-corrected chi connectivity index (χ3v) is 3.53. The highest BCUT2D eigenvalue weighted by molar-refractivity contribution is 7.80. The molecule has 0 saturated carbocycles. The number of carbonyl (C=O) groups excluding carboxylic acids is 1. The van der Waals surface area contributed by atoms with E-state index in [0.717, 1.165) is 16.9 Å². The minimum absolute atomic E-state index is 0.158. The van der Waals surface area contributed by atoms with E-state index in [2.05, 4.69) is 10.4 Å². The fourth-order valence-electron chi connectivity index (χ4n) is 2.26. The van der Waals surface area contributed by atoms with E-state index >= 15 is 0 Å². The van der Waals surface area contributed by atoms with Crippen LogP contribution in [0.15, 0.2) is 42.2 Å². The lowest BCUT2D eigenvalue weighted by molar-refractivity contribution is -0.113. The Kier molecular flexibility index (Phi) is 3.31. The number of nitrogens with one attached hydrogen (secondary N) is 1. The van der Waals surface area contributed by atoms with Gasteiger partial charge in [-0.3, -0.25) is 14.4 Å². The molecule has 0 bridgehead atoms. The van der Waals surface area contributed by atoms with Gasteiger partial charge in [0.1, 0.15) is 5.70 Å². The van der Waals surface area contributed by atoms with Gasteiger partial charge in [0.05, 0.1) is 11.4 Å². The fraction of sp³-hybridized carbons (Fsp3) is 0.133. The molecule has 2 aromatic rings. The largest absolute Gasteiger partial charge is 0.327 e. The summed E-state index contributed by atoms with van der Waals surface area (Å²) >= 11 is 5.26. The quantitative estimate of drug-likeness (QED) is 0.680. The molecule has 0 radical (unpaired) electrons. The number of carbonyl (C=O) groups is 1. The average molecular weight is 298 g/mol. The predicted octanol–water partition coefficient (Wildman–Crippen LogP) is 1.99. The van der Waals surface area contributed by atoms with Crippen molar-refractivity contribution >= 4 is 35.0 Å². The lowest BCUT2D eigenvalue weighted by atomic mass is 10.2. The Labute approximate surface area is 127 Å². The summed E-state index contributed by atoms with van der Waals surface area (Å²) in [6.45, 7) is 1.90. The number of hydrogen-bond acceptors (Lipinski definition) is 3. The maximum Gasteiger partial charge on any atom is 0.281 e. The zero-order valence-electron chi connectivity index (χ0n) is 11.7. The second-order valence-electron chi connectivity index (χ2n) is 4.81. The van der Waals surface area contributed by atoms with Crippen molar-refractivity contribution in [2.24, 2.45) is 7.05 Å². The van der Waals surface area contributed by atoms with Crippen LogP contribution in [0.1, 0.15) is 11.3 Å². The van der Waals surface area contributed by atoms with Crippen molar-refractivity contribution < 1.29 is 4.79 Å². The number of para-hydroxylation sites is 1. The lowest BCUT2D eigenvalue weighted by Crippen LogP contribution is -2.30. The highest BCUT2D eigenvalue weighted by Gasteiger charge is 2.31. The number of thiocarbonyl (C=S) groups is 1. The van der Waals surface area contributed by atoms with Gasteiger partial charge in [-0.1, -0.05) is 18.2 Å². The van der Waals surface area contributed by atoms with Crippen LogP contribution >= 0.6 is 12.2 Å². The summed E-state index contributed by atoms with van der Waals surface area (Å²) in [5, 5.41) is 7.62. The van der Waals surface area contributed by atoms with Crippen LogP contribution in [0.5, 0.6) is 0 Å². The van der Waals surface area contributed by atoms with Crippen molar-refractivity contribution in [1.82, 2.24) is 15.1 Å². The smallest absolute Gasteiger partial charge is 0.281 e. The molecule has 1 amide bonds. The van der Waals surface area contributed by atoms with E-state index in [1.807, 2.05) is 50.5 Å². The SMILES string of the molecule is Cc1nn(C)cc1/C=C1/NC(=S)N(c2ccccc2)C1=O. The normalized spacial score (nSPS) is 16.7. The van der Waals surface area contributed by atoms with Gasteiger partial charge in [-0.2, -0.15) is 5.10 Å². The van der Waals surface area contributed by atoms with Crippen molar-refractivity contribution in [2.75, 3.05) is 4.90 Å². The molecule has 1 aromatic heterocycles. The maximum absolute atomic E-state index is 12.5. The molecule has 21 heavy (non-hydrogen) atoms. The Balaban J connectivity index is 1.96. The average Bonchev–Trinajstić information content (AvgIpc) is 2.91. The van der Waals surface area contributed by atoms with Crippen LogP contribution in [0, 0.1) is 6.92 Å². The molecule has 1 N–H and O–H groups in total. The summed E-state index contributed by atoms with van der Waals surface area (Å²) in [4.78, 5) is 14.0. The molecular formula is C15H14N4OS. The van der Waals surface area contributed by atoms with E-state index in [0.29, 0.717) is 10.8 Å². The van der Waals surface area contributed by atoms with Gasteiger partial charge in [0.25, 0.3) is 5.91 Å². The van der Waals surface area contributed by atoms with Crippen LogP contribution < -0.4 is 10.2 Å². The first-order chi connectivity index (χ1) is 10.1. The number of amides is 1. The number of aryl methyl sites for hydroxylation is 2. The number of hydrogen-bond donors (Lipinski definition) is 1. The molecule has 1 aromatic carbocycles. The van der Waals surface area contributed by atoms with Crippen LogP contribution in [0.4, 0.5) is 5.69 Å². The third-order valence-electron chi connectivity index (χ3n) is 3.24. The summed E-state index contributed by atoms with van der Waals surface area (Å²) in [7, 11) is 1.85. The van der Waals surface area contributed by atoms with Gasteiger partial charge in [-0.05, 0) is 37.4 Å². The molecule has 0 atom stereocenters. The Morgan fingerprint density at radius 1 is 1.29 bits per heavy atom. The predicted molar refractivity (Wildman–Crippen MR) is 85.6 cm³/mol. The standard InChI is InChI=1S/C15H14N4OS/c1-10-11(9-18(2)17-10)8-13-14(20)19(15(21)16-13)12-6-4-3-5-7-12/h3-9H,1-2H3,(H,16,21)/b13-8+. The Bertz CT molecular complexity index is 748. The van der Waals surface area contributed by atoms with Crippen molar-refractivity contribution in [3.63, 3.8) is 0 Å². The summed E-state index contributed by atoms with van der Waals surface area (Å²) in [5.41, 5.74) is 2.97. The Morgan fingerprint density at radius 2 is 2.00 bits per heavy atom. The molecule has 1 fully saturated rings. The molecule has 1 aliphatic heterocycles. The van der Waals surface area contributed by atoms with Crippen LogP contribution in [0.3, 0.4) is 0 Å². The number of benzene rings is 1. The van der Waals surface area contributed by atoms with Crippen molar-refractivity contribution in [3.8, 4) is 0 Å². The van der Waals surface area contributed by atoms with Crippen LogP contribution in [-0.4, -0.2) is 20.8 Å². The summed E-state index contributed by atoms with van der Waals surface area (Å²) in [6.07, 6.45) is 3.64. The molecule has 0 aliphatic carbocycles. The number of rotatable bonds is 2. The van der Waals surface area contributed by atoms with E-state index < -0.39 is 0 Å². The van der Waals surface area contributed by atoms with Gasteiger partial charge < -0.3 is 5.32 Å². The van der Waals surface area contributed by atoms with Gasteiger partial charge in [-0.15, -0.1) is 0 Å². The number of anilines is 1. The molecule has 0 spiro atoms. The molecule has 1 saturated heterocycles. The number of aromatic nitrogens is 2. The molecule has 3 rings (SSSR count). The van der Waals surface area contributed by atoms with E-state index in [4.69, 9.17) is 12.2 Å². The Morgan fingerprint density at radius 3 is 2.62 bits per heavy atom. The highest BCUT2D eigenvalue weighted by atomic mass is 32.1. The summed E-state index contributed by atoms with van der Waals surface area (Å²) in [6, 6.07) is 9.35. The minimum atomic E-state index is -0.158. The Hall–Kier alpha value is -2.47.